The topological polar surface area (TPSA) is 43.9 Å². The summed E-state index contributed by atoms with van der Waals surface area (Å²) in [7, 11) is 0. The van der Waals surface area contributed by atoms with Crippen molar-refractivity contribution in [2.45, 2.75) is 24.8 Å². The molecule has 0 amide bonds. The van der Waals surface area contributed by atoms with Gasteiger partial charge < -0.3 is 4.52 Å². The lowest BCUT2D eigenvalue weighted by Crippen LogP contribution is -1.98. The van der Waals surface area contributed by atoms with E-state index in [-0.39, 0.29) is 0 Å². The zero-order valence-corrected chi connectivity index (χ0v) is 15.6. The molecule has 0 spiro atoms. The fourth-order valence-corrected chi connectivity index (χ4v) is 4.23. The molecule has 0 unspecified atom stereocenters. The van der Waals surface area contributed by atoms with Crippen LogP contribution < -0.4 is 0 Å². The van der Waals surface area contributed by atoms with E-state index < -0.39 is 0 Å². The third-order valence-corrected chi connectivity index (χ3v) is 5.78. The molecule has 6 heteroatoms. The van der Waals surface area contributed by atoms with E-state index in [1.165, 1.54) is 11.1 Å². The van der Waals surface area contributed by atoms with E-state index in [4.69, 9.17) is 4.52 Å². The molecule has 0 fully saturated rings. The average Bonchev–Trinajstić information content (AvgIpc) is 3.34. The summed E-state index contributed by atoms with van der Waals surface area (Å²) in [5.41, 5.74) is 4.58. The van der Waals surface area contributed by atoms with Gasteiger partial charge in [0.2, 0.25) is 0 Å². The number of aromatic nitrogens is 3. The standard InChI is InChI=1S/C19H17N3OS2/c1-13-5-6-16(14(2)10-13)22-8-7-20-19(22)25-12-15-11-17(23-21-15)18-4-3-9-24-18/h3-11H,12H2,1-2H3. The zero-order valence-electron chi connectivity index (χ0n) is 14.0. The molecule has 0 bridgehead atoms. The highest BCUT2D eigenvalue weighted by atomic mass is 32.2. The van der Waals surface area contributed by atoms with Crippen molar-refractivity contribution in [3.8, 4) is 16.3 Å². The van der Waals surface area contributed by atoms with Crippen LogP contribution in [-0.4, -0.2) is 14.7 Å². The van der Waals surface area contributed by atoms with Gasteiger partial charge in [-0.1, -0.05) is 40.7 Å². The molecule has 0 aliphatic heterocycles. The molecule has 0 saturated heterocycles. The third kappa shape index (κ3) is 3.41. The second-order valence-corrected chi connectivity index (χ2v) is 7.71. The Morgan fingerprint density at radius 2 is 2.12 bits per heavy atom. The quantitative estimate of drug-likeness (QED) is 0.437. The Hall–Kier alpha value is -2.31. The smallest absolute Gasteiger partial charge is 0.177 e. The van der Waals surface area contributed by atoms with Crippen molar-refractivity contribution in [3.63, 3.8) is 0 Å². The number of thioether (sulfide) groups is 1. The van der Waals surface area contributed by atoms with Crippen LogP contribution in [-0.2, 0) is 5.75 Å². The third-order valence-electron chi connectivity index (χ3n) is 3.89. The first-order valence-electron chi connectivity index (χ1n) is 7.94. The predicted octanol–water partition coefficient (Wildman–Crippen LogP) is 5.50. The lowest BCUT2D eigenvalue weighted by molar-refractivity contribution is 0.427. The van der Waals surface area contributed by atoms with Crippen LogP contribution in [0.1, 0.15) is 16.8 Å². The van der Waals surface area contributed by atoms with E-state index in [9.17, 15) is 0 Å². The van der Waals surface area contributed by atoms with Crippen molar-refractivity contribution in [1.82, 2.24) is 14.7 Å². The molecule has 3 heterocycles. The Morgan fingerprint density at radius 3 is 2.92 bits per heavy atom. The fourth-order valence-electron chi connectivity index (χ4n) is 2.71. The van der Waals surface area contributed by atoms with Crippen molar-refractivity contribution < 1.29 is 4.52 Å². The van der Waals surface area contributed by atoms with E-state index in [0.717, 1.165) is 32.9 Å². The number of aryl methyl sites for hydroxylation is 2. The Morgan fingerprint density at radius 1 is 1.20 bits per heavy atom. The Balaban J connectivity index is 1.52. The maximum atomic E-state index is 5.45. The number of hydrogen-bond acceptors (Lipinski definition) is 5. The summed E-state index contributed by atoms with van der Waals surface area (Å²) in [6, 6.07) is 12.5. The van der Waals surface area contributed by atoms with Gasteiger partial charge >= 0.3 is 0 Å². The highest BCUT2D eigenvalue weighted by Crippen LogP contribution is 2.29. The summed E-state index contributed by atoms with van der Waals surface area (Å²) in [6.07, 6.45) is 3.83. The Labute approximate surface area is 154 Å². The minimum Gasteiger partial charge on any atom is -0.355 e. The summed E-state index contributed by atoms with van der Waals surface area (Å²) < 4.78 is 7.57. The zero-order chi connectivity index (χ0) is 17.2. The van der Waals surface area contributed by atoms with E-state index in [1.54, 1.807) is 23.1 Å². The molecule has 0 saturated carbocycles. The van der Waals surface area contributed by atoms with Gasteiger partial charge in [-0.2, -0.15) is 0 Å². The minimum atomic E-state index is 0.719. The average molecular weight is 367 g/mol. The maximum absolute atomic E-state index is 5.45. The van der Waals surface area contributed by atoms with Crippen LogP contribution in [0.25, 0.3) is 16.3 Å². The largest absolute Gasteiger partial charge is 0.355 e. The molecule has 4 aromatic rings. The molecular weight excluding hydrogens is 350 g/mol. The summed E-state index contributed by atoms with van der Waals surface area (Å²) in [5, 5.41) is 7.16. The number of thiophene rings is 1. The predicted molar refractivity (Wildman–Crippen MR) is 102 cm³/mol. The normalized spacial score (nSPS) is 11.1. The van der Waals surface area contributed by atoms with Crippen LogP contribution in [0.5, 0.6) is 0 Å². The van der Waals surface area contributed by atoms with Crippen molar-refractivity contribution in [2.75, 3.05) is 0 Å². The summed E-state index contributed by atoms with van der Waals surface area (Å²) in [6.45, 7) is 4.23. The summed E-state index contributed by atoms with van der Waals surface area (Å²) in [5.74, 6) is 1.54. The number of imidazole rings is 1. The molecule has 0 aliphatic carbocycles. The Bertz CT molecular complexity index is 986. The van der Waals surface area contributed by atoms with Crippen molar-refractivity contribution >= 4 is 23.1 Å². The SMILES string of the molecule is Cc1ccc(-n2ccnc2SCc2cc(-c3cccs3)on2)c(C)c1. The van der Waals surface area contributed by atoms with Crippen LogP contribution >= 0.6 is 23.1 Å². The van der Waals surface area contributed by atoms with Gasteiger partial charge in [-0.15, -0.1) is 11.3 Å². The molecule has 1 aromatic carbocycles. The minimum absolute atomic E-state index is 0.719. The summed E-state index contributed by atoms with van der Waals surface area (Å²) >= 11 is 3.31. The molecular formula is C19H17N3OS2. The van der Waals surface area contributed by atoms with Gasteiger partial charge in [-0.3, -0.25) is 4.57 Å². The van der Waals surface area contributed by atoms with Crippen LogP contribution in [0.4, 0.5) is 0 Å². The molecule has 25 heavy (non-hydrogen) atoms. The first kappa shape index (κ1) is 16.2. The van der Waals surface area contributed by atoms with Gasteiger partial charge in [-0.25, -0.2) is 4.98 Å². The van der Waals surface area contributed by atoms with Crippen LogP contribution in [0.2, 0.25) is 0 Å². The van der Waals surface area contributed by atoms with Gasteiger partial charge in [0.15, 0.2) is 10.9 Å². The fraction of sp³-hybridized carbons (Fsp3) is 0.158. The Kier molecular flexibility index (Phi) is 4.46. The highest BCUT2D eigenvalue weighted by Gasteiger charge is 2.12. The highest BCUT2D eigenvalue weighted by molar-refractivity contribution is 7.98. The van der Waals surface area contributed by atoms with Gasteiger partial charge in [0.1, 0.15) is 0 Å². The molecule has 0 aliphatic rings. The molecule has 0 atom stereocenters. The molecule has 4 nitrogen and oxygen atoms in total. The first-order chi connectivity index (χ1) is 12.2. The van der Waals surface area contributed by atoms with Crippen molar-refractivity contribution in [2.24, 2.45) is 0 Å². The monoisotopic (exact) mass is 367 g/mol. The molecule has 3 aromatic heterocycles. The summed E-state index contributed by atoms with van der Waals surface area (Å²) in [4.78, 5) is 5.60. The van der Waals surface area contributed by atoms with Crippen LogP contribution in [0.3, 0.4) is 0 Å². The number of hydrogen-bond donors (Lipinski definition) is 0. The van der Waals surface area contributed by atoms with Gasteiger partial charge in [-0.05, 0) is 36.9 Å². The van der Waals surface area contributed by atoms with Crippen molar-refractivity contribution in [1.29, 1.82) is 0 Å². The second-order valence-electron chi connectivity index (χ2n) is 5.82. The van der Waals surface area contributed by atoms with E-state index in [1.807, 2.05) is 36.0 Å². The molecule has 0 N–H and O–H groups in total. The van der Waals surface area contributed by atoms with Crippen LogP contribution in [0.15, 0.2) is 63.9 Å². The lowest BCUT2D eigenvalue weighted by Gasteiger charge is -2.10. The molecule has 0 radical (unpaired) electrons. The number of benzene rings is 1. The van der Waals surface area contributed by atoms with Gasteiger partial charge in [0, 0.05) is 24.2 Å². The van der Waals surface area contributed by atoms with E-state index >= 15 is 0 Å². The second kappa shape index (κ2) is 6.90. The lowest BCUT2D eigenvalue weighted by atomic mass is 10.1. The first-order valence-corrected chi connectivity index (χ1v) is 9.80. The van der Waals surface area contributed by atoms with E-state index in [2.05, 4.69) is 46.8 Å². The van der Waals surface area contributed by atoms with Crippen molar-refractivity contribution in [3.05, 3.63) is 71.0 Å². The molecule has 4 rings (SSSR count). The molecule has 126 valence electrons. The maximum Gasteiger partial charge on any atom is 0.177 e. The number of rotatable bonds is 5. The van der Waals surface area contributed by atoms with Gasteiger partial charge in [0.05, 0.1) is 16.3 Å². The van der Waals surface area contributed by atoms with E-state index in [0.29, 0.717) is 0 Å². The van der Waals surface area contributed by atoms with Crippen LogP contribution in [0, 0.1) is 13.8 Å². The number of nitrogens with zero attached hydrogens (tertiary/aromatic N) is 3. The van der Waals surface area contributed by atoms with Gasteiger partial charge in [0.25, 0.3) is 0 Å².